The van der Waals surface area contributed by atoms with Crippen LogP contribution in [0.4, 0.5) is 0 Å². The molecule has 0 radical (unpaired) electrons. The lowest BCUT2D eigenvalue weighted by atomic mass is 10.3. The highest BCUT2D eigenvalue weighted by Crippen LogP contribution is 2.22. The van der Waals surface area contributed by atoms with Gasteiger partial charge in [0.15, 0.2) is 5.84 Å². The van der Waals surface area contributed by atoms with Crippen LogP contribution in [0.25, 0.3) is 5.69 Å². The first-order valence-electron chi connectivity index (χ1n) is 5.63. The Morgan fingerprint density at radius 3 is 2.67 bits per heavy atom. The molecule has 0 aliphatic carbocycles. The van der Waals surface area contributed by atoms with Crippen LogP contribution in [-0.4, -0.2) is 33.7 Å². The molecule has 1 aromatic heterocycles. The third kappa shape index (κ3) is 1.83. The summed E-state index contributed by atoms with van der Waals surface area (Å²) in [7, 11) is 0. The third-order valence-electron chi connectivity index (χ3n) is 2.81. The second-order valence-corrected chi connectivity index (χ2v) is 4.84. The molecule has 5 nitrogen and oxygen atoms in total. The zero-order valence-corrected chi connectivity index (χ0v) is 11.2. The van der Waals surface area contributed by atoms with Gasteiger partial charge in [-0.2, -0.15) is 5.10 Å². The van der Waals surface area contributed by atoms with Crippen LogP contribution in [0.1, 0.15) is 5.69 Å². The molecular formula is C12H12BrN5. The minimum absolute atomic E-state index is 0.720. The number of hydrogen-bond donors (Lipinski definition) is 1. The van der Waals surface area contributed by atoms with Gasteiger partial charge < -0.3 is 0 Å². The van der Waals surface area contributed by atoms with E-state index in [1.54, 1.807) is 11.2 Å². The highest BCUT2D eigenvalue weighted by atomic mass is 79.9. The first-order chi connectivity index (χ1) is 8.77. The van der Waals surface area contributed by atoms with Gasteiger partial charge in [-0.1, -0.05) is 18.2 Å². The molecule has 2 aromatic rings. The van der Waals surface area contributed by atoms with Crippen LogP contribution < -0.4 is 5.84 Å². The van der Waals surface area contributed by atoms with E-state index in [1.165, 1.54) is 0 Å². The number of para-hydroxylation sites is 1. The summed E-state index contributed by atoms with van der Waals surface area (Å²) < 4.78 is 2.73. The van der Waals surface area contributed by atoms with Crippen molar-refractivity contribution in [3.05, 3.63) is 46.7 Å². The van der Waals surface area contributed by atoms with Crippen LogP contribution in [0.2, 0.25) is 0 Å². The van der Waals surface area contributed by atoms with E-state index >= 15 is 0 Å². The maximum atomic E-state index is 5.93. The molecular weight excluding hydrogens is 294 g/mol. The van der Waals surface area contributed by atoms with Crippen LogP contribution in [0.5, 0.6) is 0 Å². The number of nitrogens with zero attached hydrogens (tertiary/aromatic N) is 4. The molecule has 0 bridgehead atoms. The van der Waals surface area contributed by atoms with Crippen LogP contribution >= 0.6 is 15.9 Å². The largest absolute Gasteiger partial charge is 0.291 e. The fraction of sp³-hybridized carbons (Fsp3) is 0.167. The standard InChI is InChI=1S/C12H12BrN5/c13-10-8-16-18(9-4-2-1-3-5-9)11(10)12-15-6-7-17(12)14/h1-5,8H,6-7,14H2. The van der Waals surface area contributed by atoms with Gasteiger partial charge in [-0.3, -0.25) is 10.0 Å². The highest BCUT2D eigenvalue weighted by Gasteiger charge is 2.23. The van der Waals surface area contributed by atoms with Gasteiger partial charge in [0.1, 0.15) is 5.69 Å². The number of halogens is 1. The topological polar surface area (TPSA) is 59.4 Å². The van der Waals surface area contributed by atoms with E-state index in [1.807, 2.05) is 35.0 Å². The maximum absolute atomic E-state index is 5.93. The summed E-state index contributed by atoms with van der Waals surface area (Å²) >= 11 is 3.51. The average Bonchev–Trinajstić information content (AvgIpc) is 2.96. The molecule has 1 aromatic carbocycles. The summed E-state index contributed by atoms with van der Waals surface area (Å²) in [6.45, 7) is 1.46. The van der Waals surface area contributed by atoms with Crippen molar-refractivity contribution >= 4 is 21.8 Å². The summed E-state index contributed by atoms with van der Waals surface area (Å²) in [6, 6.07) is 9.93. The number of aliphatic imine (C=N–C) groups is 1. The Hall–Kier alpha value is -1.66. The lowest BCUT2D eigenvalue weighted by Gasteiger charge is -2.15. The zero-order chi connectivity index (χ0) is 12.5. The van der Waals surface area contributed by atoms with Gasteiger partial charge in [0.2, 0.25) is 0 Å². The van der Waals surface area contributed by atoms with Gasteiger partial charge in [-0.15, -0.1) is 0 Å². The second kappa shape index (κ2) is 4.55. The van der Waals surface area contributed by atoms with Crippen LogP contribution in [-0.2, 0) is 0 Å². The first-order valence-corrected chi connectivity index (χ1v) is 6.42. The Morgan fingerprint density at radius 2 is 2.00 bits per heavy atom. The molecule has 2 heterocycles. The Morgan fingerprint density at radius 1 is 1.22 bits per heavy atom. The quantitative estimate of drug-likeness (QED) is 0.857. The molecule has 1 aliphatic heterocycles. The third-order valence-corrected chi connectivity index (χ3v) is 3.39. The Labute approximate surface area is 113 Å². The number of amidine groups is 1. The highest BCUT2D eigenvalue weighted by molar-refractivity contribution is 9.10. The molecule has 0 unspecified atom stereocenters. The summed E-state index contributed by atoms with van der Waals surface area (Å²) in [5.41, 5.74) is 1.88. The summed E-state index contributed by atoms with van der Waals surface area (Å²) in [5.74, 6) is 6.69. The van der Waals surface area contributed by atoms with E-state index in [2.05, 4.69) is 26.0 Å². The molecule has 0 fully saturated rings. The normalized spacial score (nSPS) is 15.0. The number of rotatable bonds is 2. The lowest BCUT2D eigenvalue weighted by molar-refractivity contribution is 0.482. The Bertz CT molecular complexity index is 590. The van der Waals surface area contributed by atoms with Gasteiger partial charge in [0, 0.05) is 0 Å². The Kier molecular flexibility index (Phi) is 2.89. The van der Waals surface area contributed by atoms with Gasteiger partial charge in [0.05, 0.1) is 29.4 Å². The number of benzene rings is 1. The van der Waals surface area contributed by atoms with Crippen molar-refractivity contribution in [2.24, 2.45) is 10.8 Å². The van der Waals surface area contributed by atoms with Crippen molar-refractivity contribution in [2.45, 2.75) is 0 Å². The van der Waals surface area contributed by atoms with Gasteiger partial charge in [0.25, 0.3) is 0 Å². The fourth-order valence-electron chi connectivity index (χ4n) is 1.97. The summed E-state index contributed by atoms with van der Waals surface area (Å²) in [4.78, 5) is 4.43. The monoisotopic (exact) mass is 305 g/mol. The van der Waals surface area contributed by atoms with Crippen LogP contribution in [0.15, 0.2) is 46.0 Å². The molecule has 0 saturated heterocycles. The van der Waals surface area contributed by atoms with E-state index in [-0.39, 0.29) is 0 Å². The summed E-state index contributed by atoms with van der Waals surface area (Å²) in [5, 5.41) is 6.03. The second-order valence-electron chi connectivity index (χ2n) is 3.99. The molecule has 18 heavy (non-hydrogen) atoms. The molecule has 0 atom stereocenters. The van der Waals surface area contributed by atoms with Crippen molar-refractivity contribution < 1.29 is 0 Å². The van der Waals surface area contributed by atoms with Crippen LogP contribution in [0, 0.1) is 0 Å². The van der Waals surface area contributed by atoms with E-state index in [9.17, 15) is 0 Å². The van der Waals surface area contributed by atoms with Gasteiger partial charge in [-0.05, 0) is 28.1 Å². The van der Waals surface area contributed by atoms with Crippen molar-refractivity contribution in [1.82, 2.24) is 14.8 Å². The smallest absolute Gasteiger partial charge is 0.165 e. The fourth-order valence-corrected chi connectivity index (χ4v) is 2.40. The Balaban J connectivity index is 2.13. The lowest BCUT2D eigenvalue weighted by Crippen LogP contribution is -2.36. The molecule has 6 heteroatoms. The molecule has 0 amide bonds. The van der Waals surface area contributed by atoms with E-state index in [4.69, 9.17) is 5.84 Å². The van der Waals surface area contributed by atoms with Crippen molar-refractivity contribution in [2.75, 3.05) is 13.1 Å². The van der Waals surface area contributed by atoms with E-state index < -0.39 is 0 Å². The molecule has 0 saturated carbocycles. The molecule has 2 N–H and O–H groups in total. The predicted octanol–water partition coefficient (Wildman–Crippen LogP) is 1.57. The maximum Gasteiger partial charge on any atom is 0.165 e. The SMILES string of the molecule is NN1CCN=C1c1c(Br)cnn1-c1ccccc1. The van der Waals surface area contributed by atoms with Crippen molar-refractivity contribution in [3.63, 3.8) is 0 Å². The zero-order valence-electron chi connectivity index (χ0n) is 9.62. The van der Waals surface area contributed by atoms with E-state index in [0.717, 1.165) is 34.8 Å². The molecule has 0 spiro atoms. The number of hydrazine groups is 1. The predicted molar refractivity (Wildman–Crippen MR) is 73.6 cm³/mol. The van der Waals surface area contributed by atoms with Gasteiger partial charge in [-0.25, -0.2) is 10.5 Å². The van der Waals surface area contributed by atoms with Gasteiger partial charge >= 0.3 is 0 Å². The van der Waals surface area contributed by atoms with E-state index in [0.29, 0.717) is 0 Å². The summed E-state index contributed by atoms with van der Waals surface area (Å²) in [6.07, 6.45) is 1.76. The minimum atomic E-state index is 0.720. The number of nitrogens with two attached hydrogens (primary N) is 1. The molecule has 3 rings (SSSR count). The van der Waals surface area contributed by atoms with Crippen molar-refractivity contribution in [1.29, 1.82) is 0 Å². The number of hydrogen-bond acceptors (Lipinski definition) is 4. The van der Waals surface area contributed by atoms with Crippen LogP contribution in [0.3, 0.4) is 0 Å². The van der Waals surface area contributed by atoms with Crippen molar-refractivity contribution in [3.8, 4) is 5.69 Å². The minimum Gasteiger partial charge on any atom is -0.291 e. The first kappa shape index (κ1) is 11.4. The number of aromatic nitrogens is 2. The molecule has 1 aliphatic rings. The average molecular weight is 306 g/mol. The molecule has 92 valence electrons.